The summed E-state index contributed by atoms with van der Waals surface area (Å²) in [6, 6.07) is 20.9. The van der Waals surface area contributed by atoms with E-state index in [0.717, 1.165) is 16.3 Å². The molecule has 26 heavy (non-hydrogen) atoms. The summed E-state index contributed by atoms with van der Waals surface area (Å²) in [5.41, 5.74) is 1.51. The number of nitrogens with one attached hydrogen (secondary N) is 2. The second-order valence-corrected chi connectivity index (χ2v) is 5.84. The number of benzene rings is 3. The van der Waals surface area contributed by atoms with Gasteiger partial charge in [-0.2, -0.15) is 0 Å². The van der Waals surface area contributed by atoms with Gasteiger partial charge in [-0.25, -0.2) is 0 Å². The molecule has 5 nitrogen and oxygen atoms in total. The lowest BCUT2D eigenvalue weighted by Gasteiger charge is -2.11. The number of hydrogen-bond donors (Lipinski definition) is 2. The third-order valence-electron chi connectivity index (χ3n) is 4.06. The van der Waals surface area contributed by atoms with Crippen LogP contribution in [0.1, 0.15) is 5.56 Å². The number of carbonyl (C=O) groups excluding carboxylic acids is 2. The normalized spacial score (nSPS) is 10.3. The van der Waals surface area contributed by atoms with Crippen molar-refractivity contribution >= 4 is 28.3 Å². The van der Waals surface area contributed by atoms with E-state index in [0.29, 0.717) is 11.4 Å². The molecular weight excluding hydrogens is 328 g/mol. The van der Waals surface area contributed by atoms with E-state index in [1.807, 2.05) is 48.5 Å². The van der Waals surface area contributed by atoms with E-state index in [4.69, 9.17) is 4.74 Å². The second kappa shape index (κ2) is 8.16. The van der Waals surface area contributed by atoms with Crippen molar-refractivity contribution in [1.82, 2.24) is 5.32 Å². The SMILES string of the molecule is COc1ccccc1NC(=O)CNC(=O)Cc1cccc2ccccc12. The molecule has 0 fully saturated rings. The Morgan fingerprint density at radius 2 is 1.62 bits per heavy atom. The predicted molar refractivity (Wildman–Crippen MR) is 102 cm³/mol. The summed E-state index contributed by atoms with van der Waals surface area (Å²) in [5.74, 6) is 0.0697. The number of methoxy groups -OCH3 is 1. The standard InChI is InChI=1S/C21H20N2O3/c1-26-19-12-5-4-11-18(19)23-21(25)14-22-20(24)13-16-9-6-8-15-7-2-3-10-17(15)16/h2-12H,13-14H2,1H3,(H,22,24)(H,23,25). The lowest BCUT2D eigenvalue weighted by Crippen LogP contribution is -2.33. The van der Waals surface area contributed by atoms with Gasteiger partial charge >= 0.3 is 0 Å². The van der Waals surface area contributed by atoms with Gasteiger partial charge in [-0.15, -0.1) is 0 Å². The van der Waals surface area contributed by atoms with Gasteiger partial charge in [0, 0.05) is 0 Å². The lowest BCUT2D eigenvalue weighted by atomic mass is 10.0. The molecule has 0 aromatic heterocycles. The van der Waals surface area contributed by atoms with E-state index < -0.39 is 0 Å². The first-order valence-corrected chi connectivity index (χ1v) is 8.33. The third-order valence-corrected chi connectivity index (χ3v) is 4.06. The van der Waals surface area contributed by atoms with Crippen LogP contribution in [0.15, 0.2) is 66.7 Å². The number of amides is 2. The quantitative estimate of drug-likeness (QED) is 0.719. The minimum Gasteiger partial charge on any atom is -0.495 e. The summed E-state index contributed by atoms with van der Waals surface area (Å²) >= 11 is 0. The van der Waals surface area contributed by atoms with Crippen molar-refractivity contribution < 1.29 is 14.3 Å². The molecule has 3 rings (SSSR count). The zero-order valence-electron chi connectivity index (χ0n) is 14.5. The number of rotatable bonds is 6. The Kier molecular flexibility index (Phi) is 5.49. The fraction of sp³-hybridized carbons (Fsp3) is 0.143. The van der Waals surface area contributed by atoms with E-state index >= 15 is 0 Å². The first kappa shape index (κ1) is 17.5. The maximum Gasteiger partial charge on any atom is 0.243 e. The number of anilines is 1. The van der Waals surface area contributed by atoms with E-state index in [1.54, 1.807) is 18.2 Å². The van der Waals surface area contributed by atoms with E-state index in [2.05, 4.69) is 10.6 Å². The molecule has 0 aliphatic carbocycles. The monoisotopic (exact) mass is 348 g/mol. The van der Waals surface area contributed by atoms with Gasteiger partial charge in [0.15, 0.2) is 0 Å². The molecule has 0 aliphatic heterocycles. The predicted octanol–water partition coefficient (Wildman–Crippen LogP) is 3.15. The van der Waals surface area contributed by atoms with Crippen LogP contribution in [-0.4, -0.2) is 25.5 Å². The molecule has 0 unspecified atom stereocenters. The van der Waals surface area contributed by atoms with Crippen LogP contribution < -0.4 is 15.4 Å². The summed E-state index contributed by atoms with van der Waals surface area (Å²) in [5, 5.41) is 7.53. The van der Waals surface area contributed by atoms with Crippen molar-refractivity contribution in [3.05, 3.63) is 72.3 Å². The first-order valence-electron chi connectivity index (χ1n) is 8.33. The number of fused-ring (bicyclic) bond motifs is 1. The Labute approximate surface area is 152 Å². The van der Waals surface area contributed by atoms with Gasteiger partial charge in [0.05, 0.1) is 25.8 Å². The van der Waals surface area contributed by atoms with Crippen LogP contribution in [0.2, 0.25) is 0 Å². The molecule has 0 radical (unpaired) electrons. The van der Waals surface area contributed by atoms with E-state index in [-0.39, 0.29) is 24.8 Å². The summed E-state index contributed by atoms with van der Waals surface area (Å²) in [4.78, 5) is 24.3. The van der Waals surface area contributed by atoms with Gasteiger partial charge in [-0.1, -0.05) is 54.6 Å². The van der Waals surface area contributed by atoms with Crippen molar-refractivity contribution in [3.63, 3.8) is 0 Å². The second-order valence-electron chi connectivity index (χ2n) is 5.84. The lowest BCUT2D eigenvalue weighted by molar-refractivity contribution is -0.123. The number of ether oxygens (including phenoxy) is 1. The van der Waals surface area contributed by atoms with Gasteiger partial charge in [0.2, 0.25) is 11.8 Å². The van der Waals surface area contributed by atoms with Gasteiger partial charge in [0.25, 0.3) is 0 Å². The molecule has 2 N–H and O–H groups in total. The molecule has 0 aliphatic rings. The van der Waals surface area contributed by atoms with Crippen molar-refractivity contribution in [2.45, 2.75) is 6.42 Å². The maximum atomic E-state index is 12.2. The molecule has 0 heterocycles. The molecule has 0 atom stereocenters. The van der Waals surface area contributed by atoms with Crippen LogP contribution in [0.3, 0.4) is 0 Å². The fourth-order valence-corrected chi connectivity index (χ4v) is 2.80. The third kappa shape index (κ3) is 4.19. The molecule has 0 spiro atoms. The highest BCUT2D eigenvalue weighted by Gasteiger charge is 2.10. The Morgan fingerprint density at radius 3 is 2.46 bits per heavy atom. The Hall–Kier alpha value is -3.34. The summed E-state index contributed by atoms with van der Waals surface area (Å²) in [6.45, 7) is -0.0956. The molecular formula is C21H20N2O3. The zero-order chi connectivity index (χ0) is 18.4. The van der Waals surface area contributed by atoms with Crippen molar-refractivity contribution in [2.75, 3.05) is 19.0 Å². The molecule has 3 aromatic rings. The smallest absolute Gasteiger partial charge is 0.243 e. The van der Waals surface area contributed by atoms with Crippen LogP contribution >= 0.6 is 0 Å². The van der Waals surface area contributed by atoms with Crippen LogP contribution in [0.25, 0.3) is 10.8 Å². The van der Waals surface area contributed by atoms with Gasteiger partial charge < -0.3 is 15.4 Å². The minimum atomic E-state index is -0.305. The molecule has 3 aromatic carbocycles. The van der Waals surface area contributed by atoms with Crippen LogP contribution in [-0.2, 0) is 16.0 Å². The average Bonchev–Trinajstić information content (AvgIpc) is 2.67. The molecule has 132 valence electrons. The molecule has 5 heteroatoms. The van der Waals surface area contributed by atoms with E-state index in [9.17, 15) is 9.59 Å². The highest BCUT2D eigenvalue weighted by Crippen LogP contribution is 2.22. The molecule has 0 saturated carbocycles. The maximum absolute atomic E-state index is 12.2. The Morgan fingerprint density at radius 1 is 0.885 bits per heavy atom. The average molecular weight is 348 g/mol. The highest BCUT2D eigenvalue weighted by atomic mass is 16.5. The molecule has 2 amide bonds. The largest absolute Gasteiger partial charge is 0.495 e. The van der Waals surface area contributed by atoms with Gasteiger partial charge in [0.1, 0.15) is 5.75 Å². The van der Waals surface area contributed by atoms with Gasteiger partial charge in [-0.3, -0.25) is 9.59 Å². The zero-order valence-corrected chi connectivity index (χ0v) is 14.5. The molecule has 0 saturated heterocycles. The Balaban J connectivity index is 1.57. The topological polar surface area (TPSA) is 67.4 Å². The number of carbonyl (C=O) groups is 2. The molecule has 0 bridgehead atoms. The van der Waals surface area contributed by atoms with Crippen molar-refractivity contribution in [2.24, 2.45) is 0 Å². The van der Waals surface area contributed by atoms with Crippen molar-refractivity contribution in [1.29, 1.82) is 0 Å². The van der Waals surface area contributed by atoms with E-state index in [1.165, 1.54) is 7.11 Å². The van der Waals surface area contributed by atoms with Crippen LogP contribution in [0.4, 0.5) is 5.69 Å². The van der Waals surface area contributed by atoms with Crippen LogP contribution in [0.5, 0.6) is 5.75 Å². The first-order chi connectivity index (χ1) is 12.7. The van der Waals surface area contributed by atoms with Gasteiger partial charge in [-0.05, 0) is 28.5 Å². The highest BCUT2D eigenvalue weighted by molar-refractivity contribution is 5.96. The summed E-state index contributed by atoms with van der Waals surface area (Å²) in [7, 11) is 1.54. The summed E-state index contributed by atoms with van der Waals surface area (Å²) in [6.07, 6.45) is 0.225. The summed E-state index contributed by atoms with van der Waals surface area (Å²) < 4.78 is 5.19. The minimum absolute atomic E-state index is 0.0956. The fourth-order valence-electron chi connectivity index (χ4n) is 2.80. The van der Waals surface area contributed by atoms with Crippen LogP contribution in [0, 0.1) is 0 Å². The van der Waals surface area contributed by atoms with Crippen molar-refractivity contribution in [3.8, 4) is 5.75 Å². The number of hydrogen-bond acceptors (Lipinski definition) is 3. The Bertz CT molecular complexity index is 932. The number of para-hydroxylation sites is 2.